The minimum Gasteiger partial charge on any atom is -0.495 e. The van der Waals surface area contributed by atoms with Gasteiger partial charge < -0.3 is 31.0 Å². The van der Waals surface area contributed by atoms with Gasteiger partial charge in [-0.05, 0) is 56.7 Å². The van der Waals surface area contributed by atoms with Crippen molar-refractivity contribution in [1.82, 2.24) is 15.3 Å². The molecule has 12 heteroatoms. The summed E-state index contributed by atoms with van der Waals surface area (Å²) in [5, 5.41) is 3.05. The van der Waals surface area contributed by atoms with Gasteiger partial charge in [0.25, 0.3) is 5.91 Å². The highest BCUT2D eigenvalue weighted by molar-refractivity contribution is 5.99. The monoisotopic (exact) mass is 602 g/mol. The van der Waals surface area contributed by atoms with Gasteiger partial charge in [-0.3, -0.25) is 14.6 Å². The number of hydrogen-bond donors (Lipinski definition) is 3. The number of primary amides is 1. The maximum atomic E-state index is 15.2. The van der Waals surface area contributed by atoms with E-state index in [1.54, 1.807) is 31.3 Å². The smallest absolute Gasteiger partial charge is 0.251 e. The topological polar surface area (TPSA) is 164 Å². The number of carbonyl (C=O) groups is 2. The Labute approximate surface area is 254 Å². The van der Waals surface area contributed by atoms with Gasteiger partial charge in [-0.25, -0.2) is 14.4 Å². The lowest BCUT2D eigenvalue weighted by molar-refractivity contribution is -0.123. The van der Waals surface area contributed by atoms with E-state index in [0.717, 1.165) is 31.9 Å². The highest BCUT2D eigenvalue weighted by Crippen LogP contribution is 2.48. The zero-order valence-electron chi connectivity index (χ0n) is 24.9. The highest BCUT2D eigenvalue weighted by Gasteiger charge is 2.45. The first-order valence-corrected chi connectivity index (χ1v) is 14.6. The predicted octanol–water partition coefficient (Wildman–Crippen LogP) is 3.52. The maximum Gasteiger partial charge on any atom is 0.251 e. The van der Waals surface area contributed by atoms with Crippen molar-refractivity contribution in [1.29, 1.82) is 0 Å². The first-order chi connectivity index (χ1) is 21.1. The fourth-order valence-corrected chi connectivity index (χ4v) is 5.47. The number of nitrogen functional groups attached to an aromatic ring is 1. The third kappa shape index (κ3) is 5.51. The Morgan fingerprint density at radius 2 is 1.98 bits per heavy atom. The molecule has 3 aromatic rings. The molecular weight excluding hydrogens is 567 g/mol. The largest absolute Gasteiger partial charge is 0.495 e. The van der Waals surface area contributed by atoms with E-state index in [4.69, 9.17) is 30.7 Å². The Morgan fingerprint density at radius 3 is 2.64 bits per heavy atom. The molecule has 11 nitrogen and oxygen atoms in total. The molecule has 1 aromatic carbocycles. The van der Waals surface area contributed by atoms with E-state index in [1.807, 2.05) is 0 Å². The van der Waals surface area contributed by atoms with E-state index in [2.05, 4.69) is 15.3 Å². The first kappa shape index (κ1) is 29.3. The average Bonchev–Trinajstić information content (AvgIpc) is 3.96. The van der Waals surface area contributed by atoms with Gasteiger partial charge in [0.2, 0.25) is 11.8 Å². The van der Waals surface area contributed by atoms with Gasteiger partial charge in [-0.2, -0.15) is 0 Å². The highest BCUT2D eigenvalue weighted by atomic mass is 19.1. The van der Waals surface area contributed by atoms with Gasteiger partial charge in [0.15, 0.2) is 5.82 Å². The molecule has 2 saturated carbocycles. The van der Waals surface area contributed by atoms with Crippen LogP contribution in [0.1, 0.15) is 65.7 Å². The minimum absolute atomic E-state index is 0.00414. The quantitative estimate of drug-likeness (QED) is 0.222. The Hall–Kier alpha value is -4.74. The second-order valence-corrected chi connectivity index (χ2v) is 11.8. The lowest BCUT2D eigenvalue weighted by atomic mass is 9.82. The van der Waals surface area contributed by atoms with E-state index < -0.39 is 17.1 Å². The number of methoxy groups -OCH3 is 2. The van der Waals surface area contributed by atoms with Crippen LogP contribution in [0.2, 0.25) is 0 Å². The summed E-state index contributed by atoms with van der Waals surface area (Å²) in [7, 11) is 2.94. The minimum atomic E-state index is -1.15. The van der Waals surface area contributed by atoms with Crippen LogP contribution in [0, 0.1) is 11.7 Å². The molecule has 230 valence electrons. The molecule has 0 unspecified atom stereocenters. The Kier molecular flexibility index (Phi) is 7.60. The molecule has 0 bridgehead atoms. The molecule has 44 heavy (non-hydrogen) atoms. The van der Waals surface area contributed by atoms with Crippen molar-refractivity contribution in [3.63, 3.8) is 0 Å². The van der Waals surface area contributed by atoms with Gasteiger partial charge >= 0.3 is 0 Å². The summed E-state index contributed by atoms with van der Waals surface area (Å²) in [6, 6.07) is 6.85. The molecule has 2 amide bonds. The lowest BCUT2D eigenvalue weighted by Gasteiger charge is -2.22. The number of ether oxygens (including phenoxy) is 3. The number of aromatic nitrogens is 2. The van der Waals surface area contributed by atoms with Crippen LogP contribution in [0.15, 0.2) is 35.5 Å². The van der Waals surface area contributed by atoms with Gasteiger partial charge in [-0.1, -0.05) is 0 Å². The Balaban J connectivity index is 1.35. The number of hydrogen-bond acceptors (Lipinski definition) is 9. The number of halogens is 1. The number of nitrogens with zero attached hydrogens (tertiary/aromatic N) is 3. The van der Waals surface area contributed by atoms with Crippen molar-refractivity contribution in [3.05, 3.63) is 58.7 Å². The second kappa shape index (κ2) is 11.4. The van der Waals surface area contributed by atoms with E-state index in [9.17, 15) is 9.59 Å². The van der Waals surface area contributed by atoms with Crippen molar-refractivity contribution >= 4 is 23.7 Å². The van der Waals surface area contributed by atoms with Crippen molar-refractivity contribution in [2.45, 2.75) is 50.0 Å². The average molecular weight is 603 g/mol. The zero-order valence-corrected chi connectivity index (χ0v) is 24.9. The van der Waals surface area contributed by atoms with Crippen molar-refractivity contribution in [2.75, 3.05) is 33.1 Å². The van der Waals surface area contributed by atoms with Gasteiger partial charge in [0.05, 0.1) is 32.1 Å². The molecule has 0 saturated heterocycles. The maximum absolute atomic E-state index is 15.2. The summed E-state index contributed by atoms with van der Waals surface area (Å²) in [6.07, 6.45) is 6.71. The zero-order chi connectivity index (χ0) is 31.2. The van der Waals surface area contributed by atoms with E-state index in [0.29, 0.717) is 39.9 Å². The number of rotatable bonds is 11. The summed E-state index contributed by atoms with van der Waals surface area (Å²) in [5.41, 5.74) is 13.8. The van der Waals surface area contributed by atoms with E-state index in [1.165, 1.54) is 20.3 Å². The van der Waals surface area contributed by atoms with Crippen molar-refractivity contribution in [3.8, 4) is 28.6 Å². The number of nitrogens with two attached hydrogens (primary N) is 2. The summed E-state index contributed by atoms with van der Waals surface area (Å²) in [6.45, 7) is 1.95. The number of pyridine rings is 2. The summed E-state index contributed by atoms with van der Waals surface area (Å²) in [4.78, 5) is 39.4. The number of carbonyl (C=O) groups excluding carboxylic acids is 2. The number of anilines is 1. The molecule has 6 rings (SSSR count). The van der Waals surface area contributed by atoms with Gasteiger partial charge in [0, 0.05) is 52.7 Å². The number of nitrogens with one attached hydrogen (secondary N) is 1. The molecule has 0 spiro atoms. The van der Waals surface area contributed by atoms with Crippen LogP contribution in [-0.4, -0.2) is 61.4 Å². The Morgan fingerprint density at radius 1 is 1.20 bits per heavy atom. The number of amides is 2. The number of benzene rings is 1. The van der Waals surface area contributed by atoms with E-state index >= 15 is 4.39 Å². The van der Waals surface area contributed by atoms with Crippen LogP contribution in [0.3, 0.4) is 0 Å². The van der Waals surface area contributed by atoms with Crippen LogP contribution < -0.4 is 31.0 Å². The normalized spacial score (nSPS) is 19.7. The summed E-state index contributed by atoms with van der Waals surface area (Å²) < 4.78 is 31.8. The molecule has 5 N–H and O–H groups in total. The molecule has 2 atom stereocenters. The fourth-order valence-electron chi connectivity index (χ4n) is 5.47. The van der Waals surface area contributed by atoms with Crippen molar-refractivity contribution in [2.24, 2.45) is 16.6 Å². The molecule has 3 aliphatic rings. The summed E-state index contributed by atoms with van der Waals surface area (Å²) in [5.74, 6) is -0.621. The van der Waals surface area contributed by atoms with Crippen LogP contribution in [0.4, 0.5) is 10.1 Å². The molecule has 2 fully saturated rings. The standard InChI is InChI=1S/C32H35FN6O5/c1-32(31(35)41)15-44-29-22(32)11-24(39-28(29)20-10-26(43-3)37-14-23(20)33)21(16-4-5-16)13-38-30(40)17-8-18(12-36-19-6-7-19)27(34)25(9-17)42-2/h8-12,14,16,19,21H,4-7,13,15,34H2,1-3H3,(H2,35,41)(H,38,40)/t21-,32-/m0/s1. The van der Waals surface area contributed by atoms with Crippen LogP contribution in [0.25, 0.3) is 11.3 Å². The van der Waals surface area contributed by atoms with Crippen LogP contribution in [0.5, 0.6) is 17.4 Å². The van der Waals surface area contributed by atoms with Gasteiger partial charge in [0.1, 0.15) is 29.2 Å². The lowest BCUT2D eigenvalue weighted by Crippen LogP contribution is -2.40. The molecular formula is C32H35FN6O5. The van der Waals surface area contributed by atoms with Gasteiger partial charge in [-0.15, -0.1) is 0 Å². The molecule has 3 heterocycles. The molecule has 2 aliphatic carbocycles. The first-order valence-electron chi connectivity index (χ1n) is 14.6. The third-order valence-electron chi connectivity index (χ3n) is 8.61. The van der Waals surface area contributed by atoms with Crippen LogP contribution >= 0.6 is 0 Å². The van der Waals surface area contributed by atoms with E-state index in [-0.39, 0.29) is 53.8 Å². The predicted molar refractivity (Wildman–Crippen MR) is 162 cm³/mol. The fraction of sp³-hybridized carbons (Fsp3) is 0.406. The number of fused-ring (bicyclic) bond motifs is 1. The second-order valence-electron chi connectivity index (χ2n) is 11.8. The third-order valence-corrected chi connectivity index (χ3v) is 8.61. The van der Waals surface area contributed by atoms with Crippen molar-refractivity contribution < 1.29 is 28.2 Å². The molecule has 0 radical (unpaired) electrons. The molecule has 2 aromatic heterocycles. The SMILES string of the molecule is COc1cc(-c2nc([C@@H](CNC(=O)c3cc(C=NC4CC4)c(N)c(OC)c3)C3CC3)cc3c2OC[C@]3(C)C(N)=O)c(F)cn1. The number of aliphatic imine (C=N–C) groups is 1. The summed E-state index contributed by atoms with van der Waals surface area (Å²) >= 11 is 0. The Bertz CT molecular complexity index is 1670. The van der Waals surface area contributed by atoms with Crippen LogP contribution in [-0.2, 0) is 10.2 Å². The molecule has 1 aliphatic heterocycles.